The van der Waals surface area contributed by atoms with Gasteiger partial charge in [0.1, 0.15) is 11.5 Å². The lowest BCUT2D eigenvalue weighted by molar-refractivity contribution is 0.0997. The van der Waals surface area contributed by atoms with E-state index in [1.54, 1.807) is 48.5 Å². The number of benzene rings is 2. The van der Waals surface area contributed by atoms with Crippen LogP contribution < -0.4 is 15.8 Å². The molecule has 0 bridgehead atoms. The van der Waals surface area contributed by atoms with Crippen molar-refractivity contribution in [1.82, 2.24) is 0 Å². The minimum Gasteiger partial charge on any atom is -0.495 e. The number of methoxy groups -OCH3 is 1. The van der Waals surface area contributed by atoms with Crippen molar-refractivity contribution in [2.24, 2.45) is 0 Å². The van der Waals surface area contributed by atoms with E-state index in [0.29, 0.717) is 32.9 Å². The Morgan fingerprint density at radius 1 is 1.08 bits per heavy atom. The lowest BCUT2D eigenvalue weighted by Gasteiger charge is -2.07. The molecule has 0 radical (unpaired) electrons. The van der Waals surface area contributed by atoms with Crippen molar-refractivity contribution in [3.8, 4) is 17.1 Å². The Hall–Kier alpha value is -2.63. The van der Waals surface area contributed by atoms with Crippen molar-refractivity contribution < 1.29 is 13.9 Å². The summed E-state index contributed by atoms with van der Waals surface area (Å²) in [4.78, 5) is 12.3. The van der Waals surface area contributed by atoms with Gasteiger partial charge in [-0.15, -0.1) is 0 Å². The Bertz CT molecular complexity index is 938. The molecule has 0 aliphatic rings. The second kappa shape index (κ2) is 7.09. The van der Waals surface area contributed by atoms with Gasteiger partial charge in [-0.3, -0.25) is 4.79 Å². The predicted octanol–water partition coefficient (Wildman–Crippen LogP) is 5.10. The standard InChI is InChI=1S/C18H14Cl2N2O3/c1-24-16-5-2-10(8-13(16)20)15-6-7-17(25-15)18(23)22-14-9-11(21)3-4-12(14)19/h2-9H,21H2,1H3,(H,22,23). The smallest absolute Gasteiger partial charge is 0.291 e. The number of carbonyl (C=O) groups is 1. The van der Waals surface area contributed by atoms with Crippen molar-refractivity contribution in [1.29, 1.82) is 0 Å². The third-order valence-corrected chi connectivity index (χ3v) is 4.13. The molecule has 0 aliphatic heterocycles. The molecule has 3 N–H and O–H groups in total. The van der Waals surface area contributed by atoms with Crippen molar-refractivity contribution >= 4 is 40.5 Å². The Labute approximate surface area is 154 Å². The molecule has 0 fully saturated rings. The Kier molecular flexibility index (Phi) is 4.88. The Morgan fingerprint density at radius 3 is 2.60 bits per heavy atom. The summed E-state index contributed by atoms with van der Waals surface area (Å²) in [6, 6.07) is 13.3. The molecule has 128 valence electrons. The molecule has 2 aromatic carbocycles. The highest BCUT2D eigenvalue weighted by Crippen LogP contribution is 2.31. The first kappa shape index (κ1) is 17.2. The van der Waals surface area contributed by atoms with Crippen LogP contribution in [0.1, 0.15) is 10.6 Å². The van der Waals surface area contributed by atoms with Gasteiger partial charge in [0.15, 0.2) is 5.76 Å². The molecule has 7 heteroatoms. The summed E-state index contributed by atoms with van der Waals surface area (Å²) in [6.07, 6.45) is 0. The normalized spacial score (nSPS) is 10.5. The van der Waals surface area contributed by atoms with Crippen molar-refractivity contribution in [2.75, 3.05) is 18.2 Å². The average Bonchev–Trinajstić information content (AvgIpc) is 3.08. The van der Waals surface area contributed by atoms with E-state index >= 15 is 0 Å². The van der Waals surface area contributed by atoms with Gasteiger partial charge in [0.05, 0.1) is 22.8 Å². The third-order valence-electron chi connectivity index (χ3n) is 3.50. The van der Waals surface area contributed by atoms with Gasteiger partial charge in [-0.1, -0.05) is 23.2 Å². The van der Waals surface area contributed by atoms with Crippen LogP contribution in [0.2, 0.25) is 10.0 Å². The molecule has 0 saturated heterocycles. The second-order valence-electron chi connectivity index (χ2n) is 5.21. The number of furan rings is 1. The molecule has 0 spiro atoms. The van der Waals surface area contributed by atoms with Gasteiger partial charge in [-0.05, 0) is 48.5 Å². The summed E-state index contributed by atoms with van der Waals surface area (Å²) in [5, 5.41) is 3.51. The number of carbonyl (C=O) groups excluding carboxylic acids is 1. The van der Waals surface area contributed by atoms with E-state index in [0.717, 1.165) is 5.56 Å². The minimum absolute atomic E-state index is 0.139. The van der Waals surface area contributed by atoms with Crippen LogP contribution in [0.4, 0.5) is 11.4 Å². The number of nitrogen functional groups attached to an aromatic ring is 1. The van der Waals surface area contributed by atoms with Gasteiger partial charge in [-0.25, -0.2) is 0 Å². The maximum absolute atomic E-state index is 12.3. The zero-order valence-electron chi connectivity index (χ0n) is 13.2. The van der Waals surface area contributed by atoms with Crippen LogP contribution in [0.3, 0.4) is 0 Å². The number of hydrogen-bond acceptors (Lipinski definition) is 4. The first-order chi connectivity index (χ1) is 12.0. The van der Waals surface area contributed by atoms with Crippen molar-refractivity contribution in [2.45, 2.75) is 0 Å². The molecule has 0 unspecified atom stereocenters. The number of anilines is 2. The lowest BCUT2D eigenvalue weighted by Crippen LogP contribution is -2.11. The SMILES string of the molecule is COc1ccc(-c2ccc(C(=O)Nc3cc(N)ccc3Cl)o2)cc1Cl. The first-order valence-electron chi connectivity index (χ1n) is 7.28. The van der Waals surface area contributed by atoms with Gasteiger partial charge in [0.25, 0.3) is 5.91 Å². The Morgan fingerprint density at radius 2 is 1.88 bits per heavy atom. The number of hydrogen-bond donors (Lipinski definition) is 2. The number of amides is 1. The fraction of sp³-hybridized carbons (Fsp3) is 0.0556. The van der Waals surface area contributed by atoms with Crippen LogP contribution in [0.25, 0.3) is 11.3 Å². The molecule has 3 rings (SSSR count). The molecular weight excluding hydrogens is 363 g/mol. The van der Waals surface area contributed by atoms with E-state index in [9.17, 15) is 4.79 Å². The molecule has 0 atom stereocenters. The van der Waals surface area contributed by atoms with E-state index in [1.807, 2.05) is 0 Å². The van der Waals surface area contributed by atoms with Crippen LogP contribution in [-0.4, -0.2) is 13.0 Å². The lowest BCUT2D eigenvalue weighted by atomic mass is 10.2. The number of nitrogens with one attached hydrogen (secondary N) is 1. The number of rotatable bonds is 4. The minimum atomic E-state index is -0.432. The summed E-state index contributed by atoms with van der Waals surface area (Å²) in [5.74, 6) is 0.776. The number of halogens is 2. The topological polar surface area (TPSA) is 77.5 Å². The average molecular weight is 377 g/mol. The van der Waals surface area contributed by atoms with Crippen LogP contribution in [0.5, 0.6) is 5.75 Å². The summed E-state index contributed by atoms with van der Waals surface area (Å²) in [6.45, 7) is 0. The van der Waals surface area contributed by atoms with Crippen LogP contribution in [0, 0.1) is 0 Å². The maximum Gasteiger partial charge on any atom is 0.291 e. The van der Waals surface area contributed by atoms with Gasteiger partial charge >= 0.3 is 0 Å². The summed E-state index contributed by atoms with van der Waals surface area (Å²) in [7, 11) is 1.54. The van der Waals surface area contributed by atoms with E-state index in [-0.39, 0.29) is 5.76 Å². The molecule has 3 aromatic rings. The molecule has 0 saturated carbocycles. The van der Waals surface area contributed by atoms with Gasteiger partial charge in [0.2, 0.25) is 0 Å². The van der Waals surface area contributed by atoms with Crippen LogP contribution >= 0.6 is 23.2 Å². The zero-order chi connectivity index (χ0) is 18.0. The molecule has 0 aliphatic carbocycles. The fourth-order valence-electron chi connectivity index (χ4n) is 2.26. The highest BCUT2D eigenvalue weighted by atomic mass is 35.5. The highest BCUT2D eigenvalue weighted by molar-refractivity contribution is 6.34. The van der Waals surface area contributed by atoms with Crippen molar-refractivity contribution in [3.05, 3.63) is 64.3 Å². The van der Waals surface area contributed by atoms with E-state index in [4.69, 9.17) is 38.1 Å². The van der Waals surface area contributed by atoms with Crippen molar-refractivity contribution in [3.63, 3.8) is 0 Å². The molecule has 1 aromatic heterocycles. The second-order valence-corrected chi connectivity index (χ2v) is 6.02. The summed E-state index contributed by atoms with van der Waals surface area (Å²) in [5.41, 5.74) is 7.34. The van der Waals surface area contributed by atoms with Gasteiger partial charge in [-0.2, -0.15) is 0 Å². The molecule has 1 heterocycles. The monoisotopic (exact) mass is 376 g/mol. The fourth-order valence-corrected chi connectivity index (χ4v) is 2.68. The summed E-state index contributed by atoms with van der Waals surface area (Å²) >= 11 is 12.2. The summed E-state index contributed by atoms with van der Waals surface area (Å²) < 4.78 is 10.7. The Balaban J connectivity index is 1.82. The molecule has 25 heavy (non-hydrogen) atoms. The predicted molar refractivity (Wildman–Crippen MR) is 99.5 cm³/mol. The third kappa shape index (κ3) is 3.73. The highest BCUT2D eigenvalue weighted by Gasteiger charge is 2.15. The van der Waals surface area contributed by atoms with Gasteiger partial charge in [0, 0.05) is 11.3 Å². The molecule has 1 amide bonds. The zero-order valence-corrected chi connectivity index (χ0v) is 14.7. The van der Waals surface area contributed by atoms with Crippen LogP contribution in [-0.2, 0) is 0 Å². The van der Waals surface area contributed by atoms with Gasteiger partial charge < -0.3 is 20.2 Å². The molecule has 5 nitrogen and oxygen atoms in total. The quantitative estimate of drug-likeness (QED) is 0.621. The largest absolute Gasteiger partial charge is 0.495 e. The van der Waals surface area contributed by atoms with E-state index in [1.165, 1.54) is 7.11 Å². The van der Waals surface area contributed by atoms with Crippen LogP contribution in [0.15, 0.2) is 52.9 Å². The number of ether oxygens (including phenoxy) is 1. The molecular formula is C18H14Cl2N2O3. The maximum atomic E-state index is 12.3. The number of nitrogens with two attached hydrogens (primary N) is 1. The van der Waals surface area contributed by atoms with E-state index < -0.39 is 5.91 Å². The van der Waals surface area contributed by atoms with E-state index in [2.05, 4.69) is 5.32 Å². The first-order valence-corrected chi connectivity index (χ1v) is 8.03.